The molecule has 0 aliphatic heterocycles. The third-order valence-corrected chi connectivity index (χ3v) is 6.65. The number of nitrogens with zero attached hydrogens (tertiary/aromatic N) is 4. The maximum Gasteiger partial charge on any atom is 0.224 e. The van der Waals surface area contributed by atoms with Gasteiger partial charge in [0.05, 0.1) is 12.3 Å². The number of aromatic nitrogens is 4. The average molecular weight is 477 g/mol. The highest BCUT2D eigenvalue weighted by atomic mass is 19.1. The van der Waals surface area contributed by atoms with Gasteiger partial charge in [-0.05, 0) is 38.5 Å². The lowest BCUT2D eigenvalue weighted by Gasteiger charge is -2.26. The van der Waals surface area contributed by atoms with Gasteiger partial charge >= 0.3 is 0 Å². The van der Waals surface area contributed by atoms with Crippen LogP contribution >= 0.6 is 0 Å². The molecule has 0 saturated heterocycles. The Balaban J connectivity index is 0.00000274. The Kier molecular flexibility index (Phi) is 7.25. The summed E-state index contributed by atoms with van der Waals surface area (Å²) >= 11 is 0. The smallest absolute Gasteiger partial charge is 0.224 e. The monoisotopic (exact) mass is 476 g/mol. The molecule has 0 unspecified atom stereocenters. The third-order valence-electron chi connectivity index (χ3n) is 6.65. The number of halogens is 3. The summed E-state index contributed by atoms with van der Waals surface area (Å²) in [6.07, 6.45) is 9.54. The van der Waals surface area contributed by atoms with Crippen LogP contribution in [-0.2, 0) is 0 Å². The summed E-state index contributed by atoms with van der Waals surface area (Å²) in [5, 5.41) is 15.8. The van der Waals surface area contributed by atoms with Crippen LogP contribution in [0.15, 0.2) is 18.3 Å². The number of anilines is 3. The van der Waals surface area contributed by atoms with Crippen LogP contribution in [-0.4, -0.2) is 36.8 Å². The molecule has 34 heavy (non-hydrogen) atoms. The lowest BCUT2D eigenvalue weighted by Crippen LogP contribution is -2.29. The molecule has 7 nitrogen and oxygen atoms in total. The maximum absolute atomic E-state index is 14.3. The van der Waals surface area contributed by atoms with E-state index in [0.717, 1.165) is 57.8 Å². The van der Waals surface area contributed by atoms with E-state index in [0.29, 0.717) is 29.2 Å². The van der Waals surface area contributed by atoms with Crippen LogP contribution in [0.5, 0.6) is 0 Å². The Bertz CT molecular complexity index is 1120. The van der Waals surface area contributed by atoms with Gasteiger partial charge in [0.2, 0.25) is 11.9 Å². The molecule has 3 N–H and O–H groups in total. The molecule has 2 aromatic heterocycles. The Labute approximate surface area is 196 Å². The molecule has 184 valence electrons. The second-order valence-corrected chi connectivity index (χ2v) is 9.02. The zero-order chi connectivity index (χ0) is 22.9. The molecule has 0 amide bonds. The third kappa shape index (κ3) is 4.96. The van der Waals surface area contributed by atoms with Crippen molar-refractivity contribution in [2.75, 3.05) is 10.6 Å². The van der Waals surface area contributed by atoms with E-state index in [1.54, 1.807) is 6.20 Å². The van der Waals surface area contributed by atoms with Crippen LogP contribution in [0.4, 0.5) is 30.8 Å². The Morgan fingerprint density at radius 2 is 1.59 bits per heavy atom. The highest BCUT2D eigenvalue weighted by Gasteiger charge is 2.25. The molecule has 5 rings (SSSR count). The summed E-state index contributed by atoms with van der Waals surface area (Å²) in [6.45, 7) is 0. The molecule has 2 aliphatic rings. The van der Waals surface area contributed by atoms with E-state index < -0.39 is 23.1 Å². The molecule has 2 aliphatic carbocycles. The predicted octanol–water partition coefficient (Wildman–Crippen LogP) is 5.84. The Morgan fingerprint density at radius 1 is 0.912 bits per heavy atom. The van der Waals surface area contributed by atoms with Crippen LogP contribution in [0.1, 0.15) is 71.3 Å². The van der Waals surface area contributed by atoms with E-state index in [2.05, 4.69) is 20.6 Å². The molecular weight excluding hydrogens is 445 g/mol. The zero-order valence-electron chi connectivity index (χ0n) is 18.2. The number of benzene rings is 1. The van der Waals surface area contributed by atoms with Crippen LogP contribution in [0.3, 0.4) is 0 Å². The summed E-state index contributed by atoms with van der Waals surface area (Å²) in [5.74, 6) is -2.31. The van der Waals surface area contributed by atoms with E-state index in [-0.39, 0.29) is 31.6 Å². The second kappa shape index (κ2) is 10.2. The van der Waals surface area contributed by atoms with Gasteiger partial charge in [-0.1, -0.05) is 26.7 Å². The molecule has 0 spiro atoms. The second-order valence-electron chi connectivity index (χ2n) is 9.02. The fourth-order valence-electron chi connectivity index (χ4n) is 4.91. The molecule has 0 radical (unpaired) electrons. The molecule has 3 aromatic rings. The topological polar surface area (TPSA) is 87.9 Å². The largest absolute Gasteiger partial charge is 0.393 e. The summed E-state index contributed by atoms with van der Waals surface area (Å²) in [4.78, 5) is 13.6. The molecule has 0 atom stereocenters. The zero-order valence-corrected chi connectivity index (χ0v) is 18.2. The number of aliphatic hydroxyl groups is 1. The standard InChI is InChI=1S/C23H27F3N6O.CH4/c24-13-10-17(25)20(18(26)11-13)30-23-29-19-12-27-22(28-14-6-8-16(33)9-7-14)31-21(19)32(23)15-4-2-1-3-5-15;/h10-12,14-16,33H,1-9H2,(H,29,30)(H,27,28,31);1H4. The minimum atomic E-state index is -1.03. The van der Waals surface area contributed by atoms with Gasteiger partial charge in [-0.3, -0.25) is 4.57 Å². The summed E-state index contributed by atoms with van der Waals surface area (Å²) < 4.78 is 44.0. The van der Waals surface area contributed by atoms with Crippen LogP contribution in [0, 0.1) is 17.5 Å². The van der Waals surface area contributed by atoms with E-state index in [1.165, 1.54) is 0 Å². The minimum Gasteiger partial charge on any atom is -0.393 e. The average Bonchev–Trinajstić information content (AvgIpc) is 3.15. The van der Waals surface area contributed by atoms with Gasteiger partial charge < -0.3 is 15.7 Å². The normalized spacial score (nSPS) is 21.3. The summed E-state index contributed by atoms with van der Waals surface area (Å²) in [7, 11) is 0. The number of imidazole rings is 1. The fourth-order valence-corrected chi connectivity index (χ4v) is 4.91. The van der Waals surface area contributed by atoms with Crippen molar-refractivity contribution in [2.24, 2.45) is 0 Å². The molecule has 0 bridgehead atoms. The van der Waals surface area contributed by atoms with Crippen molar-refractivity contribution in [3.63, 3.8) is 0 Å². The molecule has 2 fully saturated rings. The summed E-state index contributed by atoms with van der Waals surface area (Å²) in [6, 6.07) is 1.53. The molecule has 2 heterocycles. The van der Waals surface area contributed by atoms with Gasteiger partial charge in [-0.2, -0.15) is 4.98 Å². The first-order valence-electron chi connectivity index (χ1n) is 11.6. The lowest BCUT2D eigenvalue weighted by atomic mass is 9.93. The number of aliphatic hydroxyl groups excluding tert-OH is 1. The van der Waals surface area contributed by atoms with Crippen molar-refractivity contribution in [3.05, 3.63) is 35.8 Å². The van der Waals surface area contributed by atoms with E-state index in [4.69, 9.17) is 4.98 Å². The van der Waals surface area contributed by atoms with Crippen molar-refractivity contribution >= 4 is 28.7 Å². The number of hydrogen-bond donors (Lipinski definition) is 3. The number of fused-ring (bicyclic) bond motifs is 1. The van der Waals surface area contributed by atoms with Gasteiger partial charge in [0, 0.05) is 24.2 Å². The molecule has 1 aromatic carbocycles. The van der Waals surface area contributed by atoms with Crippen molar-refractivity contribution in [2.45, 2.75) is 83.4 Å². The van der Waals surface area contributed by atoms with Crippen molar-refractivity contribution in [1.29, 1.82) is 0 Å². The van der Waals surface area contributed by atoms with Crippen LogP contribution < -0.4 is 10.6 Å². The van der Waals surface area contributed by atoms with Crippen molar-refractivity contribution in [3.8, 4) is 0 Å². The maximum atomic E-state index is 14.3. The van der Waals surface area contributed by atoms with E-state index in [1.807, 2.05) is 4.57 Å². The first-order chi connectivity index (χ1) is 16.0. The van der Waals surface area contributed by atoms with Gasteiger partial charge in [-0.15, -0.1) is 0 Å². The number of rotatable bonds is 5. The van der Waals surface area contributed by atoms with E-state index >= 15 is 0 Å². The van der Waals surface area contributed by atoms with Crippen molar-refractivity contribution < 1.29 is 18.3 Å². The minimum absolute atomic E-state index is 0. The van der Waals surface area contributed by atoms with Gasteiger partial charge in [-0.25, -0.2) is 23.1 Å². The molecule has 2 saturated carbocycles. The molecule has 10 heteroatoms. The SMILES string of the molecule is C.OC1CCC(Nc2ncc3nc(Nc4c(F)cc(F)cc4F)n(C4CCCCC4)c3n2)CC1. The number of hydrogen-bond acceptors (Lipinski definition) is 6. The fraction of sp³-hybridized carbons (Fsp3) is 0.542. The molecular formula is C24H31F3N6O. The number of nitrogens with one attached hydrogen (secondary N) is 2. The first-order valence-corrected chi connectivity index (χ1v) is 11.6. The van der Waals surface area contributed by atoms with Gasteiger partial charge in [0.25, 0.3) is 0 Å². The summed E-state index contributed by atoms with van der Waals surface area (Å²) in [5.41, 5.74) is 0.645. The highest BCUT2D eigenvalue weighted by Crippen LogP contribution is 2.35. The lowest BCUT2D eigenvalue weighted by molar-refractivity contribution is 0.126. The Morgan fingerprint density at radius 3 is 2.26 bits per heavy atom. The highest BCUT2D eigenvalue weighted by molar-refractivity contribution is 5.76. The van der Waals surface area contributed by atoms with E-state index in [9.17, 15) is 18.3 Å². The Hall–Kier alpha value is -2.88. The van der Waals surface area contributed by atoms with Crippen LogP contribution in [0.2, 0.25) is 0 Å². The first kappa shape index (κ1) is 24.3. The van der Waals surface area contributed by atoms with Gasteiger partial charge in [0.1, 0.15) is 17.0 Å². The van der Waals surface area contributed by atoms with Crippen molar-refractivity contribution in [1.82, 2.24) is 19.5 Å². The van der Waals surface area contributed by atoms with Crippen LogP contribution in [0.25, 0.3) is 11.2 Å². The van der Waals surface area contributed by atoms with Gasteiger partial charge in [0.15, 0.2) is 17.3 Å². The quantitative estimate of drug-likeness (QED) is 0.429. The predicted molar refractivity (Wildman–Crippen MR) is 126 cm³/mol.